The smallest absolute Gasteiger partial charge is 0.173 e. The molecule has 0 aliphatic heterocycles. The van der Waals surface area contributed by atoms with Crippen molar-refractivity contribution in [3.05, 3.63) is 42.5 Å². The minimum absolute atomic E-state index is 0.342. The third-order valence-corrected chi connectivity index (χ3v) is 4.25. The maximum atomic E-state index is 5.59. The number of hydrogen-bond donors (Lipinski definition) is 1. The standard InChI is InChI=1S/C19H22N4S/c1-12(2)23(13(3)4)19(24)20-14-9-10-17-18(11-14)22-16-8-6-5-7-15(16)21-17/h5-13H,1-4H3,(H,20,24). The summed E-state index contributed by atoms with van der Waals surface area (Å²) >= 11 is 5.59. The molecule has 24 heavy (non-hydrogen) atoms. The monoisotopic (exact) mass is 338 g/mol. The molecule has 1 N–H and O–H groups in total. The van der Waals surface area contributed by atoms with Gasteiger partial charge >= 0.3 is 0 Å². The van der Waals surface area contributed by atoms with Crippen molar-refractivity contribution in [1.29, 1.82) is 0 Å². The first-order valence-corrected chi connectivity index (χ1v) is 8.62. The molecule has 0 atom stereocenters. The van der Waals surface area contributed by atoms with Crippen LogP contribution in [0, 0.1) is 0 Å². The Kier molecular flexibility index (Phi) is 4.62. The molecule has 0 amide bonds. The molecule has 3 rings (SSSR count). The summed E-state index contributed by atoms with van der Waals surface area (Å²) in [6, 6.07) is 14.6. The van der Waals surface area contributed by atoms with Gasteiger partial charge in [0.05, 0.1) is 22.1 Å². The molecular formula is C19H22N4S. The number of rotatable bonds is 3. The molecule has 0 fully saturated rings. The minimum Gasteiger partial charge on any atom is -0.344 e. The second-order valence-corrected chi connectivity index (χ2v) is 6.83. The fraction of sp³-hybridized carbons (Fsp3) is 0.316. The molecule has 0 saturated heterocycles. The number of hydrogen-bond acceptors (Lipinski definition) is 3. The third-order valence-electron chi connectivity index (χ3n) is 3.94. The van der Waals surface area contributed by atoms with E-state index in [1.165, 1.54) is 0 Å². The van der Waals surface area contributed by atoms with Crippen molar-refractivity contribution in [2.24, 2.45) is 0 Å². The van der Waals surface area contributed by atoms with Crippen LogP contribution in [-0.4, -0.2) is 32.1 Å². The normalized spacial score (nSPS) is 11.4. The van der Waals surface area contributed by atoms with E-state index < -0.39 is 0 Å². The highest BCUT2D eigenvalue weighted by Gasteiger charge is 2.17. The van der Waals surface area contributed by atoms with Gasteiger partial charge in [-0.05, 0) is 70.2 Å². The molecule has 0 bridgehead atoms. The van der Waals surface area contributed by atoms with Crippen molar-refractivity contribution >= 4 is 45.1 Å². The Morgan fingerprint density at radius 3 is 2.00 bits per heavy atom. The van der Waals surface area contributed by atoms with Crippen LogP contribution in [0.15, 0.2) is 42.5 Å². The summed E-state index contributed by atoms with van der Waals surface area (Å²) in [5.74, 6) is 0. The number of para-hydroxylation sites is 2. The number of aromatic nitrogens is 2. The maximum Gasteiger partial charge on any atom is 0.173 e. The van der Waals surface area contributed by atoms with Crippen molar-refractivity contribution in [3.8, 4) is 0 Å². The summed E-state index contributed by atoms with van der Waals surface area (Å²) in [6.07, 6.45) is 0. The van der Waals surface area contributed by atoms with Crippen LogP contribution in [0.1, 0.15) is 27.7 Å². The molecule has 3 aromatic rings. The van der Waals surface area contributed by atoms with E-state index in [1.807, 2.05) is 42.5 Å². The molecule has 0 unspecified atom stereocenters. The lowest BCUT2D eigenvalue weighted by Crippen LogP contribution is -2.44. The van der Waals surface area contributed by atoms with Gasteiger partial charge in [0, 0.05) is 17.8 Å². The first-order chi connectivity index (χ1) is 11.5. The van der Waals surface area contributed by atoms with Gasteiger partial charge in [-0.3, -0.25) is 0 Å². The van der Waals surface area contributed by atoms with E-state index in [0.717, 1.165) is 32.9 Å². The highest BCUT2D eigenvalue weighted by Crippen LogP contribution is 2.20. The number of nitrogens with zero attached hydrogens (tertiary/aromatic N) is 3. The van der Waals surface area contributed by atoms with Crippen molar-refractivity contribution in [1.82, 2.24) is 14.9 Å². The highest BCUT2D eigenvalue weighted by atomic mass is 32.1. The summed E-state index contributed by atoms with van der Waals surface area (Å²) < 4.78 is 0. The van der Waals surface area contributed by atoms with Crippen LogP contribution in [0.3, 0.4) is 0 Å². The summed E-state index contributed by atoms with van der Waals surface area (Å²) in [5.41, 5.74) is 4.49. The average Bonchev–Trinajstić information content (AvgIpc) is 2.52. The molecule has 0 radical (unpaired) electrons. The van der Waals surface area contributed by atoms with Gasteiger partial charge in [0.2, 0.25) is 0 Å². The first kappa shape index (κ1) is 16.6. The van der Waals surface area contributed by atoms with E-state index in [4.69, 9.17) is 17.2 Å². The van der Waals surface area contributed by atoms with Crippen molar-refractivity contribution in [3.63, 3.8) is 0 Å². The molecule has 0 aliphatic carbocycles. The molecule has 4 nitrogen and oxygen atoms in total. The lowest BCUT2D eigenvalue weighted by atomic mass is 10.2. The second-order valence-electron chi connectivity index (χ2n) is 6.44. The topological polar surface area (TPSA) is 41.0 Å². The van der Waals surface area contributed by atoms with E-state index in [-0.39, 0.29) is 0 Å². The molecule has 0 spiro atoms. The lowest BCUT2D eigenvalue weighted by Gasteiger charge is -2.33. The quantitative estimate of drug-likeness (QED) is 0.558. The molecule has 0 saturated carbocycles. The molecule has 5 heteroatoms. The van der Waals surface area contributed by atoms with Gasteiger partial charge in [-0.1, -0.05) is 12.1 Å². The predicted molar refractivity (Wildman–Crippen MR) is 105 cm³/mol. The summed E-state index contributed by atoms with van der Waals surface area (Å²) in [6.45, 7) is 8.58. The van der Waals surface area contributed by atoms with Gasteiger partial charge in [-0.2, -0.15) is 0 Å². The number of anilines is 1. The second kappa shape index (κ2) is 6.69. The highest BCUT2D eigenvalue weighted by molar-refractivity contribution is 7.80. The molecular weight excluding hydrogens is 316 g/mol. The van der Waals surface area contributed by atoms with Crippen molar-refractivity contribution < 1.29 is 0 Å². The summed E-state index contributed by atoms with van der Waals surface area (Å²) in [4.78, 5) is 11.5. The fourth-order valence-corrected chi connectivity index (χ4v) is 3.49. The zero-order valence-corrected chi connectivity index (χ0v) is 15.3. The average molecular weight is 338 g/mol. The number of nitrogens with one attached hydrogen (secondary N) is 1. The van der Waals surface area contributed by atoms with Crippen LogP contribution in [-0.2, 0) is 0 Å². The van der Waals surface area contributed by atoms with Gasteiger partial charge in [0.1, 0.15) is 0 Å². The Morgan fingerprint density at radius 1 is 0.875 bits per heavy atom. The fourth-order valence-electron chi connectivity index (χ4n) is 2.95. The van der Waals surface area contributed by atoms with Crippen LogP contribution in [0.25, 0.3) is 22.1 Å². The van der Waals surface area contributed by atoms with E-state index in [9.17, 15) is 0 Å². The van der Waals surface area contributed by atoms with Gasteiger partial charge in [-0.25, -0.2) is 9.97 Å². The lowest BCUT2D eigenvalue weighted by molar-refractivity contribution is 0.296. The number of fused-ring (bicyclic) bond motifs is 2. The molecule has 2 aromatic carbocycles. The Hall–Kier alpha value is -2.27. The molecule has 0 aliphatic rings. The van der Waals surface area contributed by atoms with Crippen LogP contribution < -0.4 is 5.32 Å². The van der Waals surface area contributed by atoms with Crippen molar-refractivity contribution in [2.75, 3.05) is 5.32 Å². The molecule has 1 aromatic heterocycles. The Balaban J connectivity index is 1.93. The van der Waals surface area contributed by atoms with E-state index >= 15 is 0 Å². The van der Waals surface area contributed by atoms with Gasteiger partial charge < -0.3 is 10.2 Å². The van der Waals surface area contributed by atoms with E-state index in [0.29, 0.717) is 12.1 Å². The number of thiocarbonyl (C=S) groups is 1. The van der Waals surface area contributed by atoms with E-state index in [2.05, 4.69) is 42.9 Å². The molecule has 124 valence electrons. The summed E-state index contributed by atoms with van der Waals surface area (Å²) in [5, 5.41) is 4.06. The molecule has 1 heterocycles. The van der Waals surface area contributed by atoms with Gasteiger partial charge in [0.25, 0.3) is 0 Å². The van der Waals surface area contributed by atoms with Gasteiger partial charge in [0.15, 0.2) is 5.11 Å². The van der Waals surface area contributed by atoms with Crippen LogP contribution >= 0.6 is 12.2 Å². The van der Waals surface area contributed by atoms with Crippen LogP contribution in [0.5, 0.6) is 0 Å². The predicted octanol–water partition coefficient (Wildman–Crippen LogP) is 4.60. The first-order valence-electron chi connectivity index (χ1n) is 8.21. The van der Waals surface area contributed by atoms with Gasteiger partial charge in [-0.15, -0.1) is 0 Å². The Bertz CT molecular complexity index is 881. The third kappa shape index (κ3) is 3.31. The summed E-state index contributed by atoms with van der Waals surface area (Å²) in [7, 11) is 0. The van der Waals surface area contributed by atoms with Crippen LogP contribution in [0.4, 0.5) is 5.69 Å². The SMILES string of the molecule is CC(C)N(C(=S)Nc1ccc2nc3ccccc3nc2c1)C(C)C. The number of benzene rings is 2. The van der Waals surface area contributed by atoms with Crippen molar-refractivity contribution in [2.45, 2.75) is 39.8 Å². The largest absolute Gasteiger partial charge is 0.344 e. The Morgan fingerprint density at radius 2 is 1.42 bits per heavy atom. The zero-order chi connectivity index (χ0) is 17.3. The minimum atomic E-state index is 0.342. The Labute approximate surface area is 147 Å². The van der Waals surface area contributed by atoms with E-state index in [1.54, 1.807) is 0 Å². The zero-order valence-electron chi connectivity index (χ0n) is 14.4. The maximum absolute atomic E-state index is 5.59. The van der Waals surface area contributed by atoms with Crippen LogP contribution in [0.2, 0.25) is 0 Å².